The quantitative estimate of drug-likeness (QED) is 0.470. The molecule has 3 heteroatoms. The van der Waals surface area contributed by atoms with Crippen molar-refractivity contribution in [1.82, 2.24) is 0 Å². The zero-order valence-corrected chi connectivity index (χ0v) is 6.47. The second-order valence-corrected chi connectivity index (χ2v) is 2.06. The van der Waals surface area contributed by atoms with Gasteiger partial charge in [0.2, 0.25) is 0 Å². The van der Waals surface area contributed by atoms with Crippen molar-refractivity contribution in [2.75, 3.05) is 0 Å². The first-order valence-electron chi connectivity index (χ1n) is 3.02. The highest BCUT2D eigenvalue weighted by Gasteiger charge is 1.99. The maximum Gasteiger partial charge on any atom is 0.285 e. The Bertz CT molecular complexity index is 301. The molecular formula is C8H5NOS. The molecule has 1 amide bonds. The maximum atomic E-state index is 10.9. The fourth-order valence-electron chi connectivity index (χ4n) is 0.687. The molecule has 0 bridgehead atoms. The summed E-state index contributed by atoms with van der Waals surface area (Å²) in [4.78, 5) is 14.3. The molecule has 0 radical (unpaired) electrons. The van der Waals surface area contributed by atoms with Gasteiger partial charge >= 0.3 is 0 Å². The van der Waals surface area contributed by atoms with Crippen molar-refractivity contribution in [1.29, 1.82) is 0 Å². The summed E-state index contributed by atoms with van der Waals surface area (Å²) in [7, 11) is 0. The van der Waals surface area contributed by atoms with Gasteiger partial charge in [0.1, 0.15) is 0 Å². The smallest absolute Gasteiger partial charge is 0.266 e. The van der Waals surface area contributed by atoms with E-state index in [0.29, 0.717) is 5.56 Å². The van der Waals surface area contributed by atoms with Gasteiger partial charge in [-0.05, 0) is 24.4 Å². The fourth-order valence-corrected chi connectivity index (χ4v) is 0.770. The summed E-state index contributed by atoms with van der Waals surface area (Å²) in [5.41, 5.74) is 0.532. The summed E-state index contributed by atoms with van der Waals surface area (Å²) in [5.74, 6) is -0.347. The Balaban J connectivity index is 2.94. The Morgan fingerprint density at radius 3 is 2.55 bits per heavy atom. The first-order chi connectivity index (χ1) is 5.34. The summed E-state index contributed by atoms with van der Waals surface area (Å²) in [5, 5.41) is 2.02. The van der Waals surface area contributed by atoms with Gasteiger partial charge in [-0.3, -0.25) is 4.79 Å². The van der Waals surface area contributed by atoms with Crippen molar-refractivity contribution in [2.24, 2.45) is 4.99 Å². The minimum atomic E-state index is -0.347. The molecule has 0 unspecified atom stereocenters. The standard InChI is InChI=1S/C8H5NOS/c10-8(9-6-11)7-4-2-1-3-5-7/h1-5H/i6+2. The topological polar surface area (TPSA) is 29.4 Å². The van der Waals surface area contributed by atoms with Crippen LogP contribution in [0.15, 0.2) is 35.3 Å². The van der Waals surface area contributed by atoms with Crippen LogP contribution in [-0.2, 0) is 0 Å². The summed E-state index contributed by atoms with van der Waals surface area (Å²) in [6.07, 6.45) is 0. The Hall–Kier alpha value is -1.31. The largest absolute Gasteiger partial charge is 0.285 e. The van der Waals surface area contributed by atoms with E-state index in [1.165, 1.54) is 0 Å². The van der Waals surface area contributed by atoms with Crippen LogP contribution in [0.5, 0.6) is 0 Å². The minimum Gasteiger partial charge on any atom is -0.266 e. The molecule has 11 heavy (non-hydrogen) atoms. The molecule has 0 aliphatic rings. The molecule has 0 atom stereocenters. The van der Waals surface area contributed by atoms with Crippen molar-refractivity contribution in [3.63, 3.8) is 0 Å². The van der Waals surface area contributed by atoms with Gasteiger partial charge in [-0.1, -0.05) is 18.2 Å². The van der Waals surface area contributed by atoms with E-state index in [4.69, 9.17) is 0 Å². The predicted molar refractivity (Wildman–Crippen MR) is 45.8 cm³/mol. The lowest BCUT2D eigenvalue weighted by atomic mass is 10.2. The van der Waals surface area contributed by atoms with Crippen LogP contribution in [0.4, 0.5) is 0 Å². The zero-order valence-electron chi connectivity index (χ0n) is 5.65. The highest BCUT2D eigenvalue weighted by atomic mass is 32.1. The number of hydrogen-bond acceptors (Lipinski definition) is 2. The number of carbonyl (C=O) groups excluding carboxylic acids is 1. The molecule has 1 aromatic rings. The van der Waals surface area contributed by atoms with E-state index in [-0.39, 0.29) is 5.91 Å². The average Bonchev–Trinajstić information content (AvgIpc) is 2.07. The molecule has 0 saturated heterocycles. The molecule has 0 spiro atoms. The van der Waals surface area contributed by atoms with Crippen LogP contribution in [-0.4, -0.2) is 11.1 Å². The van der Waals surface area contributed by atoms with Crippen LogP contribution < -0.4 is 0 Å². The molecule has 2 nitrogen and oxygen atoms in total. The summed E-state index contributed by atoms with van der Waals surface area (Å²) >= 11 is 4.29. The summed E-state index contributed by atoms with van der Waals surface area (Å²) in [6.45, 7) is 0. The van der Waals surface area contributed by atoms with Gasteiger partial charge in [-0.15, -0.1) is 0 Å². The van der Waals surface area contributed by atoms with Crippen LogP contribution in [0.3, 0.4) is 0 Å². The van der Waals surface area contributed by atoms with Crippen LogP contribution in [0.1, 0.15) is 10.4 Å². The van der Waals surface area contributed by atoms with E-state index in [0.717, 1.165) is 0 Å². The van der Waals surface area contributed by atoms with Crippen molar-refractivity contribution in [3.8, 4) is 0 Å². The van der Waals surface area contributed by atoms with E-state index < -0.39 is 0 Å². The Kier molecular flexibility index (Phi) is 2.66. The molecule has 0 heterocycles. The Morgan fingerprint density at radius 1 is 1.36 bits per heavy atom. The zero-order chi connectivity index (χ0) is 8.10. The van der Waals surface area contributed by atoms with Crippen LogP contribution >= 0.6 is 12.2 Å². The van der Waals surface area contributed by atoms with Gasteiger partial charge in [0.15, 0.2) is 0 Å². The normalized spacial score (nSPS) is 8.36. The molecule has 0 fully saturated rings. The third kappa shape index (κ3) is 2.08. The van der Waals surface area contributed by atoms with E-state index in [2.05, 4.69) is 17.2 Å². The van der Waals surface area contributed by atoms with Gasteiger partial charge < -0.3 is 0 Å². The SMILES string of the molecule is O=C(N=[14C]=S)c1ccccc1. The molecule has 1 aromatic carbocycles. The lowest BCUT2D eigenvalue weighted by molar-refractivity contribution is 0.100. The molecule has 0 N–H and O–H groups in total. The van der Waals surface area contributed by atoms with E-state index in [1.807, 2.05) is 11.2 Å². The van der Waals surface area contributed by atoms with Crippen molar-refractivity contribution >= 4 is 23.3 Å². The van der Waals surface area contributed by atoms with Crippen LogP contribution in [0.2, 0.25) is 0 Å². The van der Waals surface area contributed by atoms with E-state index in [9.17, 15) is 4.79 Å². The number of aliphatic imine (C=N–C) groups is 1. The van der Waals surface area contributed by atoms with Crippen molar-refractivity contribution in [2.45, 2.75) is 0 Å². The second-order valence-electron chi connectivity index (χ2n) is 1.87. The molecule has 0 aliphatic heterocycles. The van der Waals surface area contributed by atoms with Gasteiger partial charge in [-0.2, -0.15) is 4.99 Å². The highest BCUT2D eigenvalue weighted by Crippen LogP contribution is 1.99. The summed E-state index contributed by atoms with van der Waals surface area (Å²) in [6, 6.07) is 8.73. The molecule has 0 aliphatic carbocycles. The minimum absolute atomic E-state index is 0.347. The van der Waals surface area contributed by atoms with Crippen molar-refractivity contribution in [3.05, 3.63) is 35.9 Å². The maximum absolute atomic E-state index is 10.9. The molecule has 0 saturated carbocycles. The molecule has 54 valence electrons. The average molecular weight is 165 g/mol. The molecule has 0 aromatic heterocycles. The number of isothiocyanates is 1. The number of carbonyl (C=O) groups is 1. The number of amides is 1. The first kappa shape index (κ1) is 7.79. The van der Waals surface area contributed by atoms with Gasteiger partial charge in [0, 0.05) is 5.56 Å². The van der Waals surface area contributed by atoms with E-state index >= 15 is 0 Å². The number of thiocarbonyl (C=S) groups is 1. The van der Waals surface area contributed by atoms with Gasteiger partial charge in [0.25, 0.3) is 5.91 Å². The first-order valence-corrected chi connectivity index (χ1v) is 3.42. The molecular weight excluding hydrogens is 160 g/mol. The second kappa shape index (κ2) is 3.76. The number of hydrogen-bond donors (Lipinski definition) is 0. The lowest BCUT2D eigenvalue weighted by Crippen LogP contribution is -1.91. The lowest BCUT2D eigenvalue weighted by Gasteiger charge is -1.89. The number of nitrogens with zero attached hydrogens (tertiary/aromatic N) is 1. The van der Waals surface area contributed by atoms with E-state index in [1.54, 1.807) is 24.3 Å². The third-order valence-corrected chi connectivity index (χ3v) is 1.26. The van der Waals surface area contributed by atoms with Crippen LogP contribution in [0.25, 0.3) is 0 Å². The third-order valence-electron chi connectivity index (χ3n) is 1.17. The summed E-state index contributed by atoms with van der Waals surface area (Å²) < 4.78 is 0. The molecule has 1 rings (SSSR count). The van der Waals surface area contributed by atoms with Crippen molar-refractivity contribution < 1.29 is 4.79 Å². The number of benzene rings is 1. The predicted octanol–water partition coefficient (Wildman–Crippen LogP) is 1.93. The Morgan fingerprint density at radius 2 is 2.00 bits per heavy atom. The van der Waals surface area contributed by atoms with Crippen LogP contribution in [0, 0.1) is 0 Å². The Labute approximate surface area is 69.6 Å². The number of rotatable bonds is 1. The van der Waals surface area contributed by atoms with Gasteiger partial charge in [-0.25, -0.2) is 0 Å². The monoisotopic (exact) mass is 165 g/mol. The fraction of sp³-hybridized carbons (Fsp3) is 0. The van der Waals surface area contributed by atoms with Gasteiger partial charge in [0.05, 0.1) is 5.16 Å². The highest BCUT2D eigenvalue weighted by molar-refractivity contribution is 7.78.